The number of nitrogens with zero attached hydrogens (tertiary/aromatic N) is 2. The highest BCUT2D eigenvalue weighted by Gasteiger charge is 2.27. The summed E-state index contributed by atoms with van der Waals surface area (Å²) in [6, 6.07) is 11.2. The molecule has 2 N–H and O–H groups in total. The molecule has 1 heterocycles. The van der Waals surface area contributed by atoms with E-state index in [0.29, 0.717) is 30.7 Å². The third-order valence-corrected chi connectivity index (χ3v) is 6.91. The summed E-state index contributed by atoms with van der Waals surface area (Å²) in [6.07, 6.45) is 0.654. The van der Waals surface area contributed by atoms with Crippen LogP contribution < -0.4 is 21.3 Å². The van der Waals surface area contributed by atoms with E-state index in [4.69, 9.17) is 4.74 Å². The standard InChI is InChI=1S/C24H30N4O6S/c1-16(2)34-14-8-13-25-22(29)21(17-9-6-5-7-10-17)26-35(32,33)18-11-12-20-19(15-18)23(30)28(4)24(31)27(20)3/h5-7,9-12,15-16,21,26H,8,13-14H2,1-4H3,(H,25,29)/t21-/m0/s1. The average molecular weight is 503 g/mol. The summed E-state index contributed by atoms with van der Waals surface area (Å²) in [5.74, 6) is -0.511. The van der Waals surface area contributed by atoms with E-state index in [9.17, 15) is 22.8 Å². The number of carbonyl (C=O) groups is 1. The third-order valence-electron chi connectivity index (χ3n) is 5.49. The molecule has 188 valence electrons. The minimum atomic E-state index is -4.21. The van der Waals surface area contributed by atoms with Crippen molar-refractivity contribution >= 4 is 26.8 Å². The van der Waals surface area contributed by atoms with Crippen molar-refractivity contribution in [3.05, 3.63) is 74.9 Å². The summed E-state index contributed by atoms with van der Waals surface area (Å²) in [4.78, 5) is 37.6. The number of hydrogen-bond donors (Lipinski definition) is 2. The van der Waals surface area contributed by atoms with Gasteiger partial charge in [-0.05, 0) is 44.0 Å². The van der Waals surface area contributed by atoms with E-state index in [1.807, 2.05) is 13.8 Å². The molecule has 0 fully saturated rings. The molecular weight excluding hydrogens is 472 g/mol. The lowest BCUT2D eigenvalue weighted by atomic mass is 10.1. The van der Waals surface area contributed by atoms with Crippen LogP contribution in [0.5, 0.6) is 0 Å². The maximum atomic E-state index is 13.3. The van der Waals surface area contributed by atoms with Crippen LogP contribution in [0.4, 0.5) is 0 Å². The molecule has 2 aromatic carbocycles. The fourth-order valence-electron chi connectivity index (χ4n) is 3.59. The lowest BCUT2D eigenvalue weighted by molar-refractivity contribution is -0.122. The van der Waals surface area contributed by atoms with Crippen LogP contribution in [0.15, 0.2) is 63.0 Å². The van der Waals surface area contributed by atoms with Gasteiger partial charge < -0.3 is 10.1 Å². The molecule has 0 radical (unpaired) electrons. The monoisotopic (exact) mass is 502 g/mol. The van der Waals surface area contributed by atoms with Crippen LogP contribution in [0.25, 0.3) is 10.9 Å². The Balaban J connectivity index is 1.90. The molecule has 3 rings (SSSR count). The number of benzene rings is 2. The van der Waals surface area contributed by atoms with Crippen LogP contribution in [0, 0.1) is 0 Å². The lowest BCUT2D eigenvalue weighted by Crippen LogP contribution is -2.41. The minimum absolute atomic E-state index is 0.0725. The highest BCUT2D eigenvalue weighted by Crippen LogP contribution is 2.20. The zero-order chi connectivity index (χ0) is 25.8. The van der Waals surface area contributed by atoms with Gasteiger partial charge in [-0.3, -0.25) is 18.7 Å². The smallest absolute Gasteiger partial charge is 0.330 e. The Labute approximate surface area is 203 Å². The molecule has 0 aliphatic rings. The summed E-state index contributed by atoms with van der Waals surface area (Å²) >= 11 is 0. The van der Waals surface area contributed by atoms with Gasteiger partial charge in [0.2, 0.25) is 15.9 Å². The Bertz CT molecular complexity index is 1430. The summed E-state index contributed by atoms with van der Waals surface area (Å²) < 4.78 is 36.7. The number of amides is 1. The van der Waals surface area contributed by atoms with Crippen molar-refractivity contribution in [1.29, 1.82) is 0 Å². The molecule has 0 saturated heterocycles. The van der Waals surface area contributed by atoms with E-state index in [1.165, 1.54) is 36.9 Å². The first-order valence-electron chi connectivity index (χ1n) is 11.2. The van der Waals surface area contributed by atoms with Crippen molar-refractivity contribution < 1.29 is 17.9 Å². The Morgan fingerprint density at radius 2 is 1.71 bits per heavy atom. The SMILES string of the molecule is CC(C)OCCCNC(=O)[C@@H](NS(=O)(=O)c1ccc2c(c1)c(=O)n(C)c(=O)n2C)c1ccccc1. The Morgan fingerprint density at radius 1 is 1.03 bits per heavy atom. The van der Waals surface area contributed by atoms with Gasteiger partial charge in [0.05, 0.1) is 21.9 Å². The highest BCUT2D eigenvalue weighted by atomic mass is 32.2. The maximum Gasteiger partial charge on any atom is 0.330 e. The Kier molecular flexibility index (Phi) is 8.26. The van der Waals surface area contributed by atoms with E-state index in [1.54, 1.807) is 30.3 Å². The van der Waals surface area contributed by atoms with Crippen LogP contribution >= 0.6 is 0 Å². The molecule has 1 amide bonds. The Hall–Kier alpha value is -3.28. The fraction of sp³-hybridized carbons (Fsp3) is 0.375. The summed E-state index contributed by atoms with van der Waals surface area (Å²) in [5, 5.41) is 2.82. The zero-order valence-electron chi connectivity index (χ0n) is 20.1. The number of carbonyl (C=O) groups excluding carboxylic acids is 1. The zero-order valence-corrected chi connectivity index (χ0v) is 21.0. The van der Waals surface area contributed by atoms with E-state index in [0.717, 1.165) is 4.57 Å². The predicted octanol–water partition coefficient (Wildman–Crippen LogP) is 1.19. The molecule has 0 aliphatic carbocycles. The van der Waals surface area contributed by atoms with Crippen LogP contribution in [-0.2, 0) is 33.7 Å². The second-order valence-electron chi connectivity index (χ2n) is 8.41. The molecule has 0 bridgehead atoms. The van der Waals surface area contributed by atoms with Crippen molar-refractivity contribution in [2.75, 3.05) is 13.2 Å². The van der Waals surface area contributed by atoms with Crippen LogP contribution in [0.1, 0.15) is 31.9 Å². The van der Waals surface area contributed by atoms with Gasteiger partial charge >= 0.3 is 5.69 Å². The van der Waals surface area contributed by atoms with Gasteiger partial charge in [-0.2, -0.15) is 4.72 Å². The van der Waals surface area contributed by atoms with Crippen molar-refractivity contribution in [2.24, 2.45) is 14.1 Å². The molecule has 1 aromatic heterocycles. The van der Waals surface area contributed by atoms with Crippen molar-refractivity contribution in [3.8, 4) is 0 Å². The summed E-state index contributed by atoms with van der Waals surface area (Å²) in [5.41, 5.74) is -0.360. The predicted molar refractivity (Wildman–Crippen MR) is 133 cm³/mol. The number of aryl methyl sites for hydroxylation is 1. The number of rotatable bonds is 10. The van der Waals surface area contributed by atoms with Gasteiger partial charge in [-0.1, -0.05) is 30.3 Å². The number of hydrogen-bond acceptors (Lipinski definition) is 6. The van der Waals surface area contributed by atoms with E-state index in [2.05, 4.69) is 10.0 Å². The molecule has 11 heteroatoms. The second-order valence-corrected chi connectivity index (χ2v) is 10.1. The van der Waals surface area contributed by atoms with E-state index >= 15 is 0 Å². The largest absolute Gasteiger partial charge is 0.379 e. The first-order valence-corrected chi connectivity index (χ1v) is 12.7. The van der Waals surface area contributed by atoms with Crippen molar-refractivity contribution in [2.45, 2.75) is 37.3 Å². The van der Waals surface area contributed by atoms with Gasteiger partial charge in [-0.25, -0.2) is 13.2 Å². The van der Waals surface area contributed by atoms with Gasteiger partial charge in [0, 0.05) is 27.2 Å². The molecule has 35 heavy (non-hydrogen) atoms. The summed E-state index contributed by atoms with van der Waals surface area (Å²) in [7, 11) is -1.39. The molecular formula is C24H30N4O6S. The Morgan fingerprint density at radius 3 is 2.37 bits per heavy atom. The van der Waals surface area contributed by atoms with Crippen LogP contribution in [0.3, 0.4) is 0 Å². The van der Waals surface area contributed by atoms with Crippen LogP contribution in [-0.4, -0.2) is 42.7 Å². The number of aromatic nitrogens is 2. The van der Waals surface area contributed by atoms with Crippen molar-refractivity contribution in [3.63, 3.8) is 0 Å². The lowest BCUT2D eigenvalue weighted by Gasteiger charge is -2.19. The number of nitrogens with one attached hydrogen (secondary N) is 2. The molecule has 0 saturated carbocycles. The van der Waals surface area contributed by atoms with Gasteiger partial charge in [-0.15, -0.1) is 0 Å². The second kappa shape index (κ2) is 11.0. The third kappa shape index (κ3) is 6.05. The summed E-state index contributed by atoms with van der Waals surface area (Å²) in [6.45, 7) is 4.62. The quantitative estimate of drug-likeness (QED) is 0.401. The first kappa shape index (κ1) is 26.3. The fourth-order valence-corrected chi connectivity index (χ4v) is 4.80. The molecule has 0 spiro atoms. The topological polar surface area (TPSA) is 128 Å². The van der Waals surface area contributed by atoms with Gasteiger partial charge in [0.25, 0.3) is 5.56 Å². The molecule has 3 aromatic rings. The van der Waals surface area contributed by atoms with E-state index in [-0.39, 0.29) is 16.4 Å². The van der Waals surface area contributed by atoms with Crippen molar-refractivity contribution in [1.82, 2.24) is 19.2 Å². The number of fused-ring (bicyclic) bond motifs is 1. The maximum absolute atomic E-state index is 13.3. The molecule has 1 atom stereocenters. The molecule has 10 nitrogen and oxygen atoms in total. The normalized spacial score (nSPS) is 12.7. The molecule has 0 aliphatic heterocycles. The highest BCUT2D eigenvalue weighted by molar-refractivity contribution is 7.89. The minimum Gasteiger partial charge on any atom is -0.379 e. The first-order chi connectivity index (χ1) is 16.5. The van der Waals surface area contributed by atoms with Crippen LogP contribution in [0.2, 0.25) is 0 Å². The van der Waals surface area contributed by atoms with E-state index < -0.39 is 33.2 Å². The average Bonchev–Trinajstić information content (AvgIpc) is 2.84. The van der Waals surface area contributed by atoms with Gasteiger partial charge in [0.1, 0.15) is 6.04 Å². The number of ether oxygens (including phenoxy) is 1. The number of sulfonamides is 1. The van der Waals surface area contributed by atoms with Gasteiger partial charge in [0.15, 0.2) is 0 Å². The molecule has 0 unspecified atom stereocenters.